The number of hydrogen-bond acceptors (Lipinski definition) is 2. The third-order valence-corrected chi connectivity index (χ3v) is 7.36. The second-order valence-electron chi connectivity index (χ2n) is 8.66. The van der Waals surface area contributed by atoms with Gasteiger partial charge in [0, 0.05) is 48.3 Å². The van der Waals surface area contributed by atoms with Crippen LogP contribution in [-0.4, -0.2) is 20.8 Å². The van der Waals surface area contributed by atoms with Gasteiger partial charge >= 0.3 is 0 Å². The van der Waals surface area contributed by atoms with Gasteiger partial charge in [0.25, 0.3) is 0 Å². The van der Waals surface area contributed by atoms with E-state index in [9.17, 15) is 0 Å². The van der Waals surface area contributed by atoms with Crippen molar-refractivity contribution in [2.75, 3.05) is 23.9 Å². The van der Waals surface area contributed by atoms with E-state index in [2.05, 4.69) is 109 Å². The van der Waals surface area contributed by atoms with Crippen LogP contribution in [0.5, 0.6) is 0 Å². The van der Waals surface area contributed by atoms with Gasteiger partial charge in [0.1, 0.15) is 0 Å². The molecule has 0 spiro atoms. The highest BCUT2D eigenvalue weighted by molar-refractivity contribution is 6.96. The van der Waals surface area contributed by atoms with Gasteiger partial charge < -0.3 is 9.80 Å². The monoisotopic (exact) mass is 384 g/mol. The lowest BCUT2D eigenvalue weighted by Gasteiger charge is -2.47. The summed E-state index contributed by atoms with van der Waals surface area (Å²) in [4.78, 5) is 4.78. The zero-order valence-corrected chi connectivity index (χ0v) is 17.1. The molecule has 0 fully saturated rings. The predicted molar refractivity (Wildman–Crippen MR) is 127 cm³/mol. The fourth-order valence-corrected chi connectivity index (χ4v) is 6.14. The lowest BCUT2D eigenvalue weighted by molar-refractivity contribution is 0.896. The van der Waals surface area contributed by atoms with Gasteiger partial charge in [-0.15, -0.1) is 0 Å². The highest BCUT2D eigenvalue weighted by Crippen LogP contribution is 2.56. The number of rotatable bonds is 1. The smallest absolute Gasteiger partial charge is 0.242 e. The van der Waals surface area contributed by atoms with E-state index in [1.807, 2.05) is 0 Å². The number of benzene rings is 4. The van der Waals surface area contributed by atoms with Crippen LogP contribution in [0.2, 0.25) is 0 Å². The molecule has 0 atom stereocenters. The molecular formula is C27H21BN2. The Morgan fingerprint density at radius 1 is 0.533 bits per heavy atom. The summed E-state index contributed by atoms with van der Waals surface area (Å²) in [5.74, 6) is 0.306. The van der Waals surface area contributed by atoms with Crippen LogP contribution in [0, 0.1) is 0 Å². The van der Waals surface area contributed by atoms with Gasteiger partial charge in [-0.2, -0.15) is 0 Å². The van der Waals surface area contributed by atoms with Crippen molar-refractivity contribution < 1.29 is 0 Å². The van der Waals surface area contributed by atoms with Crippen LogP contribution in [0.25, 0.3) is 0 Å². The molecular weight excluding hydrogens is 363 g/mol. The summed E-state index contributed by atoms with van der Waals surface area (Å²) < 4.78 is 0. The first-order valence-electron chi connectivity index (χ1n) is 10.7. The SMILES string of the molecule is CN1c2cccc3c2C2c4c(cccc4N(C)c4cccc1c42)B3c1ccccc1. The van der Waals surface area contributed by atoms with E-state index in [-0.39, 0.29) is 6.71 Å². The van der Waals surface area contributed by atoms with Crippen LogP contribution in [0.4, 0.5) is 22.7 Å². The number of anilines is 4. The molecule has 4 aromatic rings. The second kappa shape index (κ2) is 5.57. The number of nitrogens with zero attached hydrogens (tertiary/aromatic N) is 2. The molecule has 142 valence electrons. The summed E-state index contributed by atoms with van der Waals surface area (Å²) in [5, 5.41) is 0. The van der Waals surface area contributed by atoms with Crippen LogP contribution < -0.4 is 26.2 Å². The van der Waals surface area contributed by atoms with E-state index in [0.717, 1.165) is 0 Å². The van der Waals surface area contributed by atoms with E-state index in [4.69, 9.17) is 0 Å². The van der Waals surface area contributed by atoms with Crippen molar-refractivity contribution >= 4 is 45.9 Å². The summed E-state index contributed by atoms with van der Waals surface area (Å²) in [7, 11) is 4.43. The summed E-state index contributed by atoms with van der Waals surface area (Å²) in [6.07, 6.45) is 0. The average Bonchev–Trinajstić information content (AvgIpc) is 2.80. The lowest BCUT2D eigenvalue weighted by atomic mass is 9.32. The fourth-order valence-electron chi connectivity index (χ4n) is 6.14. The Balaban J connectivity index is 1.66. The van der Waals surface area contributed by atoms with E-state index in [1.165, 1.54) is 55.8 Å². The molecule has 0 radical (unpaired) electrons. The van der Waals surface area contributed by atoms with Crippen LogP contribution in [0.1, 0.15) is 22.6 Å². The molecule has 0 N–H and O–H groups in total. The zero-order chi connectivity index (χ0) is 20.0. The van der Waals surface area contributed by atoms with Crippen LogP contribution in [0.3, 0.4) is 0 Å². The minimum atomic E-state index is 0.265. The first-order valence-corrected chi connectivity index (χ1v) is 10.7. The van der Waals surface area contributed by atoms with Gasteiger partial charge in [0.15, 0.2) is 0 Å². The highest BCUT2D eigenvalue weighted by Gasteiger charge is 2.46. The molecule has 0 bridgehead atoms. The molecule has 0 amide bonds. The van der Waals surface area contributed by atoms with E-state index in [1.54, 1.807) is 0 Å². The highest BCUT2D eigenvalue weighted by atomic mass is 15.2. The zero-order valence-electron chi connectivity index (χ0n) is 17.1. The molecule has 3 aliphatic rings. The quantitative estimate of drug-likeness (QED) is 0.405. The minimum absolute atomic E-state index is 0.265. The largest absolute Gasteiger partial charge is 0.344 e. The maximum absolute atomic E-state index is 2.39. The van der Waals surface area contributed by atoms with Crippen molar-refractivity contribution in [1.29, 1.82) is 0 Å². The predicted octanol–water partition coefficient (Wildman–Crippen LogP) is 3.86. The first kappa shape index (κ1) is 16.4. The van der Waals surface area contributed by atoms with Crippen molar-refractivity contribution in [1.82, 2.24) is 0 Å². The lowest BCUT2D eigenvalue weighted by Crippen LogP contribution is -2.59. The van der Waals surface area contributed by atoms with Crippen molar-refractivity contribution in [3.8, 4) is 0 Å². The van der Waals surface area contributed by atoms with Crippen molar-refractivity contribution in [3.05, 3.63) is 102 Å². The topological polar surface area (TPSA) is 6.48 Å². The Hall–Kier alpha value is -3.46. The Labute approximate surface area is 177 Å². The fraction of sp³-hybridized carbons (Fsp3) is 0.111. The van der Waals surface area contributed by atoms with Crippen molar-refractivity contribution in [2.45, 2.75) is 5.92 Å². The molecule has 4 aromatic carbocycles. The maximum Gasteiger partial charge on any atom is 0.242 e. The summed E-state index contributed by atoms with van der Waals surface area (Å²) in [6.45, 7) is 0.265. The molecule has 0 unspecified atom stereocenters. The first-order chi connectivity index (χ1) is 14.8. The molecule has 3 aliphatic heterocycles. The molecule has 3 heteroatoms. The van der Waals surface area contributed by atoms with Gasteiger partial charge in [-0.3, -0.25) is 0 Å². The van der Waals surface area contributed by atoms with Gasteiger partial charge in [0.2, 0.25) is 6.71 Å². The van der Waals surface area contributed by atoms with Crippen LogP contribution >= 0.6 is 0 Å². The third kappa shape index (κ3) is 1.82. The maximum atomic E-state index is 2.39. The van der Waals surface area contributed by atoms with Crippen molar-refractivity contribution in [2.24, 2.45) is 0 Å². The van der Waals surface area contributed by atoms with Gasteiger partial charge in [0.05, 0.1) is 0 Å². The summed E-state index contributed by atoms with van der Waals surface area (Å²) in [5.41, 5.74) is 14.0. The molecule has 0 aliphatic carbocycles. The molecule has 0 saturated heterocycles. The standard InChI is InChI=1S/C27H21BN2/c1-29-20-13-6-11-18-24(20)27-25-19(28(18)17-9-4-3-5-10-17)12-7-14-21(25)30(2)23-16-8-15-22(29)26(23)27/h3-16,27H,1-2H3. The van der Waals surface area contributed by atoms with Gasteiger partial charge in [-0.1, -0.05) is 77.1 Å². The second-order valence-corrected chi connectivity index (χ2v) is 8.66. The Kier molecular flexibility index (Phi) is 3.04. The minimum Gasteiger partial charge on any atom is -0.344 e. The molecule has 7 rings (SSSR count). The summed E-state index contributed by atoms with van der Waals surface area (Å²) >= 11 is 0. The van der Waals surface area contributed by atoms with Gasteiger partial charge in [-0.05, 0) is 35.4 Å². The van der Waals surface area contributed by atoms with E-state index < -0.39 is 0 Å². The van der Waals surface area contributed by atoms with Crippen LogP contribution in [0.15, 0.2) is 84.9 Å². The van der Waals surface area contributed by atoms with Crippen molar-refractivity contribution in [3.63, 3.8) is 0 Å². The van der Waals surface area contributed by atoms with Gasteiger partial charge in [-0.25, -0.2) is 0 Å². The Morgan fingerprint density at radius 3 is 1.53 bits per heavy atom. The number of hydrogen-bond donors (Lipinski definition) is 0. The Bertz CT molecular complexity index is 1260. The molecule has 3 heterocycles. The van der Waals surface area contributed by atoms with Crippen LogP contribution in [-0.2, 0) is 0 Å². The van der Waals surface area contributed by atoms with E-state index in [0.29, 0.717) is 5.92 Å². The normalized spacial score (nSPS) is 15.3. The molecule has 0 aromatic heterocycles. The van der Waals surface area contributed by atoms with E-state index >= 15 is 0 Å². The third-order valence-electron chi connectivity index (χ3n) is 7.36. The summed E-state index contributed by atoms with van der Waals surface area (Å²) in [6, 6.07) is 31.5. The Morgan fingerprint density at radius 2 is 1.00 bits per heavy atom. The molecule has 30 heavy (non-hydrogen) atoms. The average molecular weight is 384 g/mol. The molecule has 0 saturated carbocycles. The molecule has 2 nitrogen and oxygen atoms in total.